The van der Waals surface area contributed by atoms with Gasteiger partial charge in [0, 0.05) is 88.1 Å². The fourth-order valence-corrected chi connectivity index (χ4v) is 14.3. The van der Waals surface area contributed by atoms with Crippen LogP contribution in [-0.4, -0.2) is 193 Å². The monoisotopic (exact) mass is 1450 g/mol. The number of carboxylic acids is 4. The molecule has 0 saturated heterocycles. The second-order valence-electron chi connectivity index (χ2n) is 25.9. The van der Waals surface area contributed by atoms with E-state index < -0.39 is 162 Å². The molecular formula is C68H89N15O17S2. The lowest BCUT2D eigenvalue weighted by Crippen LogP contribution is -2.62. The highest BCUT2D eigenvalue weighted by molar-refractivity contribution is 7.99. The zero-order valence-corrected chi connectivity index (χ0v) is 59.8. The van der Waals surface area contributed by atoms with Crippen LogP contribution in [-0.2, 0) is 64.0 Å². The lowest BCUT2D eigenvalue weighted by molar-refractivity contribution is -0.144. The number of thioether (sulfide) groups is 2. The molecule has 11 atom stereocenters. The van der Waals surface area contributed by atoms with Crippen molar-refractivity contribution in [1.82, 2.24) is 67.1 Å². The number of carboxylic acid groups (broad SMARTS) is 4. The number of H-pyrrole nitrogens is 3. The van der Waals surface area contributed by atoms with Crippen LogP contribution in [0.15, 0.2) is 36.8 Å². The molecule has 0 spiro atoms. The predicted molar refractivity (Wildman–Crippen MR) is 380 cm³/mol. The summed E-state index contributed by atoms with van der Waals surface area (Å²) in [7, 11) is 0. The molecule has 19 N–H and O–H groups in total. The molecule has 3 aliphatic heterocycles. The number of amides is 8. The van der Waals surface area contributed by atoms with Crippen molar-refractivity contribution in [3.05, 3.63) is 87.5 Å². The van der Waals surface area contributed by atoms with Gasteiger partial charge < -0.3 is 89.2 Å². The number of aromatic amines is 3. The number of nitrogens with zero attached hydrogens (tertiary/aromatic N) is 3. The fourth-order valence-electron chi connectivity index (χ4n) is 12.0. The minimum atomic E-state index is -1.86. The van der Waals surface area contributed by atoms with Crippen LogP contribution in [0.5, 0.6) is 0 Å². The Hall–Kier alpha value is -9.93. The highest BCUT2D eigenvalue weighted by atomic mass is 32.2. The molecule has 4 aromatic rings. The Kier molecular flexibility index (Phi) is 27.3. The quantitative estimate of drug-likeness (QED) is 0.0453. The molecule has 32 nitrogen and oxygen atoms in total. The van der Waals surface area contributed by atoms with Gasteiger partial charge in [0.25, 0.3) is 0 Å². The lowest BCUT2D eigenvalue weighted by atomic mass is 9.98. The molecule has 0 fully saturated rings. The first kappa shape index (κ1) is 79.4. The number of rotatable bonds is 25. The average Bonchev–Trinajstić information content (AvgIpc) is 1.61. The van der Waals surface area contributed by atoms with Crippen molar-refractivity contribution in [3.8, 4) is 0 Å². The Balaban J connectivity index is 1.38. The van der Waals surface area contributed by atoms with Gasteiger partial charge in [-0.1, -0.05) is 13.8 Å². The number of fused-ring (bicyclic) bond motifs is 8. The number of carbonyl (C=O) groups is 12. The second kappa shape index (κ2) is 35.1. The molecule has 550 valence electrons. The molecule has 0 saturated carbocycles. The predicted octanol–water partition coefficient (Wildman–Crippen LogP) is 3.08. The number of hydrogen-bond acceptors (Lipinski definition) is 19. The number of allylic oxidation sites excluding steroid dienone is 4. The second-order valence-corrected chi connectivity index (χ2v) is 28.6. The van der Waals surface area contributed by atoms with E-state index in [0.717, 1.165) is 18.1 Å². The van der Waals surface area contributed by atoms with Crippen molar-refractivity contribution >= 4 is 139 Å². The largest absolute Gasteiger partial charge is 0.481 e. The van der Waals surface area contributed by atoms with Gasteiger partial charge in [0.15, 0.2) is 0 Å². The van der Waals surface area contributed by atoms with Crippen molar-refractivity contribution in [1.29, 1.82) is 0 Å². The summed E-state index contributed by atoms with van der Waals surface area (Å²) in [6.07, 6.45) is -1.70. The van der Waals surface area contributed by atoms with Crippen LogP contribution in [0.2, 0.25) is 0 Å². The third kappa shape index (κ3) is 20.4. The molecular weight excluding hydrogens is 1360 g/mol. The number of primary amides is 1. The summed E-state index contributed by atoms with van der Waals surface area (Å²) in [5.74, 6) is -13.7. The minimum Gasteiger partial charge on any atom is -0.481 e. The van der Waals surface area contributed by atoms with Gasteiger partial charge in [0.2, 0.25) is 47.3 Å². The number of nitrogens with two attached hydrogens (primary N) is 2. The number of aliphatic carboxylic acids is 4. The van der Waals surface area contributed by atoms with E-state index in [-0.39, 0.29) is 54.6 Å². The Bertz CT molecular complexity index is 4160. The Labute approximate surface area is 594 Å². The van der Waals surface area contributed by atoms with E-state index in [1.54, 1.807) is 6.07 Å². The van der Waals surface area contributed by atoms with E-state index >= 15 is 4.79 Å². The smallest absolute Gasteiger partial charge is 0.326 e. The van der Waals surface area contributed by atoms with Crippen LogP contribution in [0, 0.1) is 19.8 Å². The van der Waals surface area contributed by atoms with Crippen LogP contribution in [0.3, 0.4) is 0 Å². The van der Waals surface area contributed by atoms with Gasteiger partial charge >= 0.3 is 23.9 Å². The molecule has 7 rings (SSSR count). The molecule has 7 heterocycles. The molecule has 3 aliphatic rings. The third-order valence-corrected chi connectivity index (χ3v) is 20.4. The standard InChI is InChI=1S/C68H89N15O17S2/c1-28(2)59(66(97)79-42(68(99)100)14-18-56(90)91)82-67(98)60(34(8)84)83-64(95)51(19-37-24-71-27-72-37)80-65(96)52-26-102-36(10)58-32(6)46-22-50-57(35(9)101-25-40(69)62(93)73-33(7)61(92)78-41(63(94)81-52)13-15-53(70)85)31(5)45(76-50)20-43-29(3)38(11-16-54(86)87)47(74-43)23-48-39(12-17-55(88)89)30(4)44(75-48)21-49(58)77-46/h20-24,27-28,33-36,40-42,51-52,59-60,76-77,84H,11-19,25-26,69H2,1-10H3,(H2,70,85)(H,71,72)(H,73,93)(H,78,92)(H,79,97)(H,80,96)(H,81,94)(H,82,98)(H,83,95)(H,86,87)(H,88,89)(H,90,91)(H,99,100). The van der Waals surface area contributed by atoms with Crippen molar-refractivity contribution in [3.63, 3.8) is 0 Å². The first-order valence-corrected chi connectivity index (χ1v) is 35.2. The maximum absolute atomic E-state index is 15.3. The number of aliphatic hydroxyl groups excluding tert-OH is 1. The van der Waals surface area contributed by atoms with Gasteiger partial charge in [-0.2, -0.15) is 23.5 Å². The van der Waals surface area contributed by atoms with Gasteiger partial charge in [0.05, 0.1) is 41.2 Å². The van der Waals surface area contributed by atoms with E-state index in [1.165, 1.54) is 56.8 Å². The summed E-state index contributed by atoms with van der Waals surface area (Å²) in [6, 6.07) is -5.12. The highest BCUT2D eigenvalue weighted by Gasteiger charge is 2.38. The Morgan fingerprint density at radius 2 is 1.14 bits per heavy atom. The van der Waals surface area contributed by atoms with E-state index in [4.69, 9.17) is 21.4 Å². The van der Waals surface area contributed by atoms with Crippen molar-refractivity contribution < 1.29 is 83.1 Å². The summed E-state index contributed by atoms with van der Waals surface area (Å²) >= 11 is 2.54. The third-order valence-electron chi connectivity index (χ3n) is 17.9. The molecule has 0 radical (unpaired) electrons. The number of aliphatic hydroxyl groups is 1. The van der Waals surface area contributed by atoms with Gasteiger partial charge in [-0.15, -0.1) is 0 Å². The fraction of sp³-hybridized carbons (Fsp3) is 0.485. The zero-order valence-electron chi connectivity index (χ0n) is 58.1. The average molecular weight is 1450 g/mol. The van der Waals surface area contributed by atoms with Crippen LogP contribution < -0.4 is 48.7 Å². The van der Waals surface area contributed by atoms with E-state index in [9.17, 15) is 78.3 Å². The molecule has 11 unspecified atom stereocenters. The molecule has 102 heavy (non-hydrogen) atoms. The summed E-state index contributed by atoms with van der Waals surface area (Å²) in [5, 5.41) is 66.6. The molecule has 9 bridgehead atoms. The van der Waals surface area contributed by atoms with E-state index in [1.807, 2.05) is 59.7 Å². The number of aryl methyl sites for hydroxylation is 2. The summed E-state index contributed by atoms with van der Waals surface area (Å²) < 4.78 is 0. The number of carbonyl (C=O) groups excluding carboxylic acids is 8. The topological polar surface area (TPSA) is 528 Å². The van der Waals surface area contributed by atoms with Crippen LogP contribution in [0.4, 0.5) is 0 Å². The Morgan fingerprint density at radius 1 is 0.608 bits per heavy atom. The van der Waals surface area contributed by atoms with Gasteiger partial charge in [-0.25, -0.2) is 19.7 Å². The highest BCUT2D eigenvalue weighted by Crippen LogP contribution is 2.42. The van der Waals surface area contributed by atoms with Crippen LogP contribution in [0.1, 0.15) is 168 Å². The number of aromatic nitrogens is 6. The molecule has 0 aliphatic carbocycles. The normalized spacial score (nSPS) is 20.0. The van der Waals surface area contributed by atoms with Crippen molar-refractivity contribution in [2.75, 3.05) is 11.5 Å². The van der Waals surface area contributed by atoms with E-state index in [2.05, 4.69) is 57.2 Å². The van der Waals surface area contributed by atoms with Gasteiger partial charge in [0.1, 0.15) is 42.3 Å². The molecule has 8 amide bonds. The number of nitrogens with one attached hydrogen (secondary N) is 10. The summed E-state index contributed by atoms with van der Waals surface area (Å²) in [5.41, 5.74) is 22.2. The van der Waals surface area contributed by atoms with Gasteiger partial charge in [-0.05, 0) is 156 Å². The van der Waals surface area contributed by atoms with Gasteiger partial charge in [-0.3, -0.25) is 52.7 Å². The minimum absolute atomic E-state index is 0.0481. The lowest BCUT2D eigenvalue weighted by Gasteiger charge is -2.29. The van der Waals surface area contributed by atoms with Crippen molar-refractivity contribution in [2.45, 2.75) is 192 Å². The van der Waals surface area contributed by atoms with Crippen molar-refractivity contribution in [2.24, 2.45) is 17.4 Å². The maximum atomic E-state index is 15.3. The maximum Gasteiger partial charge on any atom is 0.326 e. The van der Waals surface area contributed by atoms with Crippen LogP contribution in [0.25, 0.3) is 44.4 Å². The van der Waals surface area contributed by atoms with E-state index in [0.29, 0.717) is 78.3 Å². The Morgan fingerprint density at radius 3 is 1.66 bits per heavy atom. The summed E-state index contributed by atoms with van der Waals surface area (Å²) in [6.45, 7) is 16.8. The number of hydrogen-bond donors (Lipinski definition) is 17. The molecule has 34 heteroatoms. The first-order valence-electron chi connectivity index (χ1n) is 33.1. The summed E-state index contributed by atoms with van der Waals surface area (Å²) in [4.78, 5) is 185. The first-order chi connectivity index (χ1) is 48.0. The van der Waals surface area contributed by atoms with Crippen LogP contribution >= 0.6 is 23.5 Å². The zero-order chi connectivity index (χ0) is 75.3. The number of imidazole rings is 1. The molecule has 4 aromatic heterocycles. The molecule has 0 aromatic carbocycles. The SMILES string of the molecule is CC1=C(CCC(=O)O)c2cc3nc(cc4[nH]c5cc6[nH]c(cc1n2)c(C)c6C(C)SCC(N)C(=O)NC(C)C(=O)NC(CCC(N)=O)C(=O)NC(C(=O)NC(Cc1cnc[nH]1)C(=O)NC(C(=O)NC(C(=O)NC(CCC(=O)O)C(=O)O)C(C)C)C(C)O)CSC(C)c4c5C)C(C)=C3CCC(=O)O.